The molecule has 1 amide bonds. The molecule has 46 heavy (non-hydrogen) atoms. The van der Waals surface area contributed by atoms with Crippen molar-refractivity contribution in [2.75, 3.05) is 32.7 Å². The van der Waals surface area contributed by atoms with Gasteiger partial charge in [0.1, 0.15) is 17.9 Å². The summed E-state index contributed by atoms with van der Waals surface area (Å²) in [4.78, 5) is 35.2. The molecule has 10 heteroatoms. The van der Waals surface area contributed by atoms with Gasteiger partial charge in [-0.25, -0.2) is 14.8 Å². The molecule has 1 atom stereocenters. The highest BCUT2D eigenvalue weighted by molar-refractivity contribution is 7.10. The van der Waals surface area contributed by atoms with Crippen molar-refractivity contribution in [2.24, 2.45) is 0 Å². The molecular formula is C36H46N4O5S. The Kier molecular flexibility index (Phi) is 13.2. The topological polar surface area (TPSA) is 103 Å². The SMILES string of the molecule is CCCCOC(=O)N(C)Cc1ccccc1-c1csc([C@@H](C)Nc2nc(C)nc3cc(OCCCCCCC=O)c(OC)cc23)c1. The number of anilines is 1. The van der Waals surface area contributed by atoms with E-state index in [0.29, 0.717) is 43.5 Å². The zero-order chi connectivity index (χ0) is 32.9. The fourth-order valence-corrected chi connectivity index (χ4v) is 6.09. The number of thiophene rings is 1. The summed E-state index contributed by atoms with van der Waals surface area (Å²) in [5.74, 6) is 2.67. The van der Waals surface area contributed by atoms with Gasteiger partial charge in [0.25, 0.3) is 0 Å². The third-order valence-corrected chi connectivity index (χ3v) is 8.85. The number of fused-ring (bicyclic) bond motifs is 1. The average molecular weight is 647 g/mol. The molecular weight excluding hydrogens is 600 g/mol. The molecule has 4 aromatic rings. The van der Waals surface area contributed by atoms with E-state index >= 15 is 0 Å². The van der Waals surface area contributed by atoms with E-state index in [9.17, 15) is 9.59 Å². The van der Waals surface area contributed by atoms with Gasteiger partial charge in [-0.1, -0.05) is 50.5 Å². The number of aromatic nitrogens is 2. The maximum atomic E-state index is 12.5. The van der Waals surface area contributed by atoms with Crippen molar-refractivity contribution in [1.29, 1.82) is 0 Å². The molecule has 0 unspecified atom stereocenters. The normalized spacial score (nSPS) is 11.7. The van der Waals surface area contributed by atoms with Gasteiger partial charge in [0.05, 0.1) is 31.9 Å². The maximum Gasteiger partial charge on any atom is 0.409 e. The monoisotopic (exact) mass is 646 g/mol. The molecule has 2 aromatic heterocycles. The van der Waals surface area contributed by atoms with E-state index in [-0.39, 0.29) is 12.1 Å². The second-order valence-corrected chi connectivity index (χ2v) is 12.4. The number of rotatable bonds is 18. The zero-order valence-electron chi connectivity index (χ0n) is 27.6. The van der Waals surface area contributed by atoms with Crippen LogP contribution in [0.2, 0.25) is 0 Å². The lowest BCUT2D eigenvalue weighted by atomic mass is 10.0. The minimum absolute atomic E-state index is 0.0271. The Morgan fingerprint density at radius 2 is 1.85 bits per heavy atom. The Balaban J connectivity index is 1.48. The number of carbonyl (C=O) groups excluding carboxylic acids is 2. The van der Waals surface area contributed by atoms with Crippen molar-refractivity contribution in [2.45, 2.75) is 78.3 Å². The summed E-state index contributed by atoms with van der Waals surface area (Å²) in [6, 6.07) is 14.2. The van der Waals surface area contributed by atoms with Crippen LogP contribution in [-0.4, -0.2) is 54.6 Å². The largest absolute Gasteiger partial charge is 0.493 e. The van der Waals surface area contributed by atoms with Crippen molar-refractivity contribution in [3.05, 3.63) is 64.1 Å². The van der Waals surface area contributed by atoms with Crippen molar-refractivity contribution >= 4 is 40.4 Å². The lowest BCUT2D eigenvalue weighted by Gasteiger charge is -2.19. The first-order valence-corrected chi connectivity index (χ1v) is 17.0. The van der Waals surface area contributed by atoms with Crippen LogP contribution in [0.4, 0.5) is 10.6 Å². The number of hydrogen-bond donors (Lipinski definition) is 1. The van der Waals surface area contributed by atoms with Crippen LogP contribution >= 0.6 is 11.3 Å². The quantitative estimate of drug-likeness (QED) is 0.0846. The highest BCUT2D eigenvalue weighted by Crippen LogP contribution is 2.37. The number of amides is 1. The maximum absolute atomic E-state index is 12.5. The number of ether oxygens (including phenoxy) is 3. The van der Waals surface area contributed by atoms with Crippen LogP contribution in [0.15, 0.2) is 47.8 Å². The summed E-state index contributed by atoms with van der Waals surface area (Å²) in [7, 11) is 3.41. The summed E-state index contributed by atoms with van der Waals surface area (Å²) in [6.45, 7) is 7.54. The van der Waals surface area contributed by atoms with Gasteiger partial charge in [0, 0.05) is 36.3 Å². The van der Waals surface area contributed by atoms with E-state index in [0.717, 1.165) is 83.1 Å². The number of aryl methyl sites for hydroxylation is 1. The molecule has 0 aliphatic rings. The number of nitrogens with one attached hydrogen (secondary N) is 1. The standard InChI is InChI=1S/C36H46N4O5S/c1-6-7-18-45-36(42)40(4)23-27-15-11-12-16-29(27)28-20-34(46-24-28)25(2)37-35-30-21-32(43-5)33(22-31(30)38-26(3)39-35)44-19-14-10-8-9-13-17-41/h11-12,15-17,20-22,24-25H,6-10,13-14,18-19,23H2,1-5H3,(H,37,38,39)/t25-/m1/s1. The molecule has 0 bridgehead atoms. The van der Waals surface area contributed by atoms with Gasteiger partial charge in [-0.2, -0.15) is 0 Å². The van der Waals surface area contributed by atoms with Gasteiger partial charge < -0.3 is 29.2 Å². The van der Waals surface area contributed by atoms with Crippen molar-refractivity contribution in [3.63, 3.8) is 0 Å². The third-order valence-electron chi connectivity index (χ3n) is 7.74. The number of aldehydes is 1. The number of benzene rings is 2. The predicted molar refractivity (Wildman–Crippen MR) is 185 cm³/mol. The Bertz CT molecular complexity index is 1590. The first-order valence-electron chi connectivity index (χ1n) is 16.1. The number of unbranched alkanes of at least 4 members (excludes halogenated alkanes) is 5. The molecule has 0 radical (unpaired) electrons. The number of hydrogen-bond acceptors (Lipinski definition) is 9. The molecule has 0 saturated carbocycles. The molecule has 9 nitrogen and oxygen atoms in total. The van der Waals surface area contributed by atoms with Gasteiger partial charge in [-0.15, -0.1) is 11.3 Å². The van der Waals surface area contributed by atoms with E-state index in [1.54, 1.807) is 30.4 Å². The molecule has 0 saturated heterocycles. The van der Waals surface area contributed by atoms with Crippen LogP contribution in [-0.2, 0) is 16.1 Å². The first kappa shape index (κ1) is 34.7. The number of carbonyl (C=O) groups is 2. The van der Waals surface area contributed by atoms with Gasteiger partial charge in [0.15, 0.2) is 11.5 Å². The molecule has 0 spiro atoms. The van der Waals surface area contributed by atoms with E-state index in [1.165, 1.54) is 0 Å². The Morgan fingerprint density at radius 3 is 2.63 bits per heavy atom. The molecule has 2 heterocycles. The van der Waals surface area contributed by atoms with Crippen molar-refractivity contribution < 1.29 is 23.8 Å². The van der Waals surface area contributed by atoms with Crippen molar-refractivity contribution in [1.82, 2.24) is 14.9 Å². The summed E-state index contributed by atoms with van der Waals surface area (Å²) in [5, 5.41) is 6.62. The Hall–Kier alpha value is -4.18. The lowest BCUT2D eigenvalue weighted by molar-refractivity contribution is -0.107. The van der Waals surface area contributed by atoms with Crippen LogP contribution in [0.1, 0.15) is 81.1 Å². The molecule has 246 valence electrons. The number of methoxy groups -OCH3 is 1. The first-order chi connectivity index (χ1) is 22.3. The third kappa shape index (κ3) is 9.42. The number of nitrogens with zero attached hydrogens (tertiary/aromatic N) is 3. The Morgan fingerprint density at radius 1 is 1.04 bits per heavy atom. The van der Waals surface area contributed by atoms with Gasteiger partial charge >= 0.3 is 6.09 Å². The molecule has 0 aliphatic carbocycles. The van der Waals surface area contributed by atoms with E-state index in [1.807, 2.05) is 31.2 Å². The predicted octanol–water partition coefficient (Wildman–Crippen LogP) is 8.75. The highest BCUT2D eigenvalue weighted by Gasteiger charge is 2.18. The lowest BCUT2D eigenvalue weighted by Crippen LogP contribution is -2.27. The van der Waals surface area contributed by atoms with E-state index in [4.69, 9.17) is 19.2 Å². The van der Waals surface area contributed by atoms with E-state index in [2.05, 4.69) is 47.7 Å². The fourth-order valence-electron chi connectivity index (χ4n) is 5.17. The molecule has 0 fully saturated rings. The second-order valence-electron chi connectivity index (χ2n) is 11.4. The minimum Gasteiger partial charge on any atom is -0.493 e. The Labute approximate surface area is 276 Å². The van der Waals surface area contributed by atoms with Crippen LogP contribution in [0.5, 0.6) is 11.5 Å². The second kappa shape index (κ2) is 17.5. The van der Waals surface area contributed by atoms with Gasteiger partial charge in [-0.3, -0.25) is 0 Å². The van der Waals surface area contributed by atoms with Crippen LogP contribution in [0.25, 0.3) is 22.0 Å². The van der Waals surface area contributed by atoms with Crippen LogP contribution < -0.4 is 14.8 Å². The summed E-state index contributed by atoms with van der Waals surface area (Å²) < 4.78 is 17.2. The minimum atomic E-state index is -0.308. The molecule has 0 aliphatic heterocycles. The smallest absolute Gasteiger partial charge is 0.409 e. The fraction of sp³-hybridized carbons (Fsp3) is 0.444. The highest BCUT2D eigenvalue weighted by atomic mass is 32.1. The zero-order valence-corrected chi connectivity index (χ0v) is 28.5. The molecule has 1 N–H and O–H groups in total. The summed E-state index contributed by atoms with van der Waals surface area (Å²) in [5.41, 5.74) is 4.03. The van der Waals surface area contributed by atoms with E-state index < -0.39 is 0 Å². The average Bonchev–Trinajstić information content (AvgIpc) is 3.55. The summed E-state index contributed by atoms with van der Waals surface area (Å²) >= 11 is 1.68. The molecule has 4 rings (SSSR count). The van der Waals surface area contributed by atoms with Crippen LogP contribution in [0, 0.1) is 6.92 Å². The van der Waals surface area contributed by atoms with Crippen molar-refractivity contribution in [3.8, 4) is 22.6 Å². The molecule has 2 aromatic carbocycles. The summed E-state index contributed by atoms with van der Waals surface area (Å²) in [6.07, 6.45) is 6.98. The van der Waals surface area contributed by atoms with Gasteiger partial charge in [-0.05, 0) is 67.3 Å². The van der Waals surface area contributed by atoms with Gasteiger partial charge in [0.2, 0.25) is 0 Å². The van der Waals surface area contributed by atoms with Crippen LogP contribution in [0.3, 0.4) is 0 Å².